The van der Waals surface area contributed by atoms with Crippen LogP contribution in [0.4, 0.5) is 0 Å². The van der Waals surface area contributed by atoms with Crippen molar-refractivity contribution in [1.82, 2.24) is 4.57 Å². The number of aryl methyl sites for hydroxylation is 3. The van der Waals surface area contributed by atoms with E-state index in [4.69, 9.17) is 18.9 Å². The molecule has 200 valence electrons. The van der Waals surface area contributed by atoms with E-state index in [1.165, 1.54) is 27.7 Å². The zero-order valence-corrected chi connectivity index (χ0v) is 22.7. The summed E-state index contributed by atoms with van der Waals surface area (Å²) in [5.41, 5.74) is 4.99. The smallest absolute Gasteiger partial charge is 0.231 e. The van der Waals surface area contributed by atoms with E-state index in [0.29, 0.717) is 13.4 Å². The second-order valence-electron chi connectivity index (χ2n) is 10.0. The average Bonchev–Trinajstić information content (AvgIpc) is 3.59. The maximum absolute atomic E-state index is 6.39. The van der Waals surface area contributed by atoms with E-state index in [1.807, 2.05) is 6.07 Å². The van der Waals surface area contributed by atoms with Crippen LogP contribution in [-0.2, 0) is 19.5 Å². The van der Waals surface area contributed by atoms with Crippen LogP contribution in [0.1, 0.15) is 24.8 Å². The summed E-state index contributed by atoms with van der Waals surface area (Å²) in [6, 6.07) is 21.4. The van der Waals surface area contributed by atoms with Gasteiger partial charge in [0.05, 0.1) is 24.7 Å². The second kappa shape index (κ2) is 10.7. The van der Waals surface area contributed by atoms with Crippen LogP contribution in [0.5, 0.6) is 23.0 Å². The summed E-state index contributed by atoms with van der Waals surface area (Å²) in [5.74, 6) is 3.27. The van der Waals surface area contributed by atoms with Crippen molar-refractivity contribution in [3.63, 3.8) is 0 Å². The Morgan fingerprint density at radius 2 is 1.79 bits per heavy atom. The number of fused-ring (bicyclic) bond motifs is 6. The molecule has 3 aromatic carbocycles. The van der Waals surface area contributed by atoms with Crippen LogP contribution < -0.4 is 35.9 Å². The minimum Gasteiger partial charge on any atom is -1.00 e. The van der Waals surface area contributed by atoms with Gasteiger partial charge in [-0.1, -0.05) is 18.2 Å². The topological polar surface area (TPSA) is 45.7 Å². The Morgan fingerprint density at radius 1 is 0.923 bits per heavy atom. The molecule has 0 radical (unpaired) electrons. The molecular formula is C32H31ClN2O4. The van der Waals surface area contributed by atoms with E-state index >= 15 is 0 Å². The largest absolute Gasteiger partial charge is 1.00 e. The van der Waals surface area contributed by atoms with Crippen LogP contribution in [-0.4, -0.2) is 25.1 Å². The van der Waals surface area contributed by atoms with Gasteiger partial charge >= 0.3 is 0 Å². The van der Waals surface area contributed by atoms with Crippen LogP contribution in [0.3, 0.4) is 0 Å². The second-order valence-corrected chi connectivity index (χ2v) is 10.0. The lowest BCUT2D eigenvalue weighted by Crippen LogP contribution is -3.00. The van der Waals surface area contributed by atoms with Crippen molar-refractivity contribution >= 4 is 21.7 Å². The van der Waals surface area contributed by atoms with Crippen molar-refractivity contribution in [2.24, 2.45) is 0 Å². The molecule has 0 saturated heterocycles. The Hall–Kier alpha value is -3.90. The number of unbranched alkanes of at least 4 members (excludes halogenated alkanes) is 2. The first-order valence-electron chi connectivity index (χ1n) is 13.4. The Balaban J connectivity index is 0.00000277. The van der Waals surface area contributed by atoms with Gasteiger partial charge < -0.3 is 35.9 Å². The predicted octanol–water partition coefficient (Wildman–Crippen LogP) is 3.30. The third-order valence-electron chi connectivity index (χ3n) is 7.77. The van der Waals surface area contributed by atoms with Crippen LogP contribution in [0.2, 0.25) is 0 Å². The third-order valence-corrected chi connectivity index (χ3v) is 7.77. The predicted molar refractivity (Wildman–Crippen MR) is 147 cm³/mol. The summed E-state index contributed by atoms with van der Waals surface area (Å²) >= 11 is 0. The van der Waals surface area contributed by atoms with Gasteiger partial charge in [0.25, 0.3) is 0 Å². The normalized spacial score (nSPS) is 13.2. The monoisotopic (exact) mass is 542 g/mol. The van der Waals surface area contributed by atoms with Gasteiger partial charge in [0, 0.05) is 30.7 Å². The molecule has 2 aliphatic heterocycles. The highest BCUT2D eigenvalue weighted by Gasteiger charge is 2.28. The first-order valence-corrected chi connectivity index (χ1v) is 13.4. The number of hydrogen-bond acceptors (Lipinski definition) is 4. The fourth-order valence-corrected chi connectivity index (χ4v) is 5.78. The molecule has 5 aromatic rings. The minimum atomic E-state index is 0. The first kappa shape index (κ1) is 25.4. The van der Waals surface area contributed by atoms with E-state index in [1.54, 1.807) is 7.11 Å². The lowest BCUT2D eigenvalue weighted by atomic mass is 9.95. The molecule has 2 aromatic heterocycles. The summed E-state index contributed by atoms with van der Waals surface area (Å²) in [4.78, 5) is 0. The van der Waals surface area contributed by atoms with E-state index in [-0.39, 0.29) is 12.4 Å². The Bertz CT molecular complexity index is 1660. The standard InChI is InChI=1S/C32H31N2O4.ClH/c1-35-29-10-9-23-17-28-25-19-31-30(37-21-38-31)18-24(25)12-15-34(28)20-26(23)32(29)36-16-6-2-5-13-33-14-11-22-7-3-4-8-27(22)33;/h3-4,7-11,14,17-20H,2,5-6,12-13,15-16,21H2,1H3;1H/q+1;/p-1. The number of pyridine rings is 1. The Morgan fingerprint density at radius 3 is 2.69 bits per heavy atom. The molecule has 0 N–H and O–H groups in total. The number of halogens is 1. The molecule has 4 heterocycles. The van der Waals surface area contributed by atoms with Crippen LogP contribution in [0.15, 0.2) is 73.1 Å². The highest BCUT2D eigenvalue weighted by Crippen LogP contribution is 2.41. The molecule has 0 aliphatic carbocycles. The van der Waals surface area contributed by atoms with Crippen molar-refractivity contribution in [3.8, 4) is 34.3 Å². The molecule has 6 nitrogen and oxygen atoms in total. The van der Waals surface area contributed by atoms with Crippen molar-refractivity contribution in [2.75, 3.05) is 20.5 Å². The van der Waals surface area contributed by atoms with Crippen molar-refractivity contribution in [2.45, 2.75) is 38.8 Å². The maximum atomic E-state index is 6.39. The lowest BCUT2D eigenvalue weighted by molar-refractivity contribution is -0.686. The van der Waals surface area contributed by atoms with Gasteiger partial charge in [-0.05, 0) is 72.0 Å². The highest BCUT2D eigenvalue weighted by molar-refractivity contribution is 5.91. The number of aromatic nitrogens is 2. The molecule has 0 unspecified atom stereocenters. The van der Waals surface area contributed by atoms with Gasteiger partial charge in [0.1, 0.15) is 0 Å². The number of nitrogens with zero attached hydrogens (tertiary/aromatic N) is 2. The molecule has 0 saturated carbocycles. The van der Waals surface area contributed by atoms with E-state index < -0.39 is 0 Å². The van der Waals surface area contributed by atoms with Crippen molar-refractivity contribution < 1.29 is 35.9 Å². The molecule has 0 spiro atoms. The molecule has 2 aliphatic rings. The fraction of sp³-hybridized carbons (Fsp3) is 0.281. The summed E-state index contributed by atoms with van der Waals surface area (Å²) < 4.78 is 28.0. The molecule has 0 fully saturated rings. The molecule has 0 bridgehead atoms. The van der Waals surface area contributed by atoms with E-state index in [2.05, 4.69) is 76.1 Å². The summed E-state index contributed by atoms with van der Waals surface area (Å²) in [6.45, 7) is 2.88. The van der Waals surface area contributed by atoms with Gasteiger partial charge in [-0.25, -0.2) is 0 Å². The van der Waals surface area contributed by atoms with Crippen LogP contribution in [0, 0.1) is 0 Å². The third kappa shape index (κ3) is 4.63. The average molecular weight is 543 g/mol. The number of benzene rings is 3. The number of methoxy groups -OCH3 is 1. The quantitative estimate of drug-likeness (QED) is 0.223. The van der Waals surface area contributed by atoms with Gasteiger partial charge in [0.15, 0.2) is 35.7 Å². The SMILES string of the molecule is COc1ccc2cc3[n+](cc2c1OCCCCCn1ccc2ccccc21)CCc1cc2c(cc1-3)OCO2.[Cl-]. The zero-order valence-electron chi connectivity index (χ0n) is 22.0. The van der Waals surface area contributed by atoms with Gasteiger partial charge in [-0.2, -0.15) is 4.57 Å². The van der Waals surface area contributed by atoms with Crippen molar-refractivity contribution in [1.29, 1.82) is 0 Å². The number of hydrogen-bond donors (Lipinski definition) is 0. The lowest BCUT2D eigenvalue weighted by Gasteiger charge is -2.18. The number of para-hydroxylation sites is 1. The van der Waals surface area contributed by atoms with Gasteiger partial charge in [0.2, 0.25) is 12.5 Å². The molecule has 7 rings (SSSR count). The van der Waals surface area contributed by atoms with E-state index in [0.717, 1.165) is 72.5 Å². The molecular weight excluding hydrogens is 512 g/mol. The Kier molecular flexibility index (Phi) is 6.96. The first-order chi connectivity index (χ1) is 18.8. The summed E-state index contributed by atoms with van der Waals surface area (Å²) in [6.07, 6.45) is 8.58. The fourth-order valence-electron chi connectivity index (χ4n) is 5.78. The van der Waals surface area contributed by atoms with Crippen LogP contribution >= 0.6 is 0 Å². The molecule has 7 heteroatoms. The maximum Gasteiger partial charge on any atom is 0.231 e. The summed E-state index contributed by atoms with van der Waals surface area (Å²) in [5, 5.41) is 3.52. The zero-order chi connectivity index (χ0) is 25.5. The van der Waals surface area contributed by atoms with Gasteiger partial charge in [-0.15, -0.1) is 0 Å². The molecule has 0 amide bonds. The Labute approximate surface area is 234 Å². The van der Waals surface area contributed by atoms with Gasteiger partial charge in [-0.3, -0.25) is 0 Å². The summed E-state index contributed by atoms with van der Waals surface area (Å²) in [7, 11) is 1.71. The van der Waals surface area contributed by atoms with Crippen molar-refractivity contribution in [3.05, 3.63) is 78.6 Å². The van der Waals surface area contributed by atoms with Crippen LogP contribution in [0.25, 0.3) is 32.9 Å². The number of ether oxygens (including phenoxy) is 4. The van der Waals surface area contributed by atoms with E-state index in [9.17, 15) is 0 Å². The minimum absolute atomic E-state index is 0. The molecule has 0 atom stereocenters. The molecule has 39 heavy (non-hydrogen) atoms. The number of rotatable bonds is 8. The highest BCUT2D eigenvalue weighted by atomic mass is 35.5.